The van der Waals surface area contributed by atoms with Crippen molar-refractivity contribution in [3.63, 3.8) is 0 Å². The van der Waals surface area contributed by atoms with Crippen LogP contribution in [0.3, 0.4) is 0 Å². The maximum absolute atomic E-state index is 12.2. The number of aldehydes is 1. The van der Waals surface area contributed by atoms with Crippen molar-refractivity contribution in [1.29, 1.82) is 0 Å². The largest absolute Gasteiger partial charge is 0.756 e. The Morgan fingerprint density at radius 3 is 1.85 bits per heavy atom. The summed E-state index contributed by atoms with van der Waals surface area (Å²) >= 11 is 0. The highest BCUT2D eigenvalue weighted by atomic mass is 31.2. The van der Waals surface area contributed by atoms with Crippen LogP contribution in [0.2, 0.25) is 0 Å². The van der Waals surface area contributed by atoms with Gasteiger partial charge in [-0.1, -0.05) is 84.0 Å². The van der Waals surface area contributed by atoms with Crippen LogP contribution in [0.1, 0.15) is 110 Å². The van der Waals surface area contributed by atoms with Gasteiger partial charge in [-0.25, -0.2) is 0 Å². The summed E-state index contributed by atoms with van der Waals surface area (Å²) in [4.78, 5) is 46.6. The zero-order chi connectivity index (χ0) is 29.4. The topological polar surface area (TPSA) is 128 Å². The monoisotopic (exact) mass is 579 g/mol. The summed E-state index contributed by atoms with van der Waals surface area (Å²) in [6.07, 6.45) is 15.1. The molecule has 0 saturated carbocycles. The predicted molar refractivity (Wildman–Crippen MR) is 149 cm³/mol. The molecule has 0 aromatic carbocycles. The number of phosphoric acid groups is 1. The van der Waals surface area contributed by atoms with E-state index in [0.29, 0.717) is 23.7 Å². The van der Waals surface area contributed by atoms with Crippen molar-refractivity contribution in [2.75, 3.05) is 47.5 Å². The first-order chi connectivity index (χ1) is 18.5. The second-order valence-electron chi connectivity index (χ2n) is 11.1. The molecule has 0 rings (SSSR count). The standard InChI is InChI=1S/C28H54NO9P/c1-5-6-7-8-9-10-11-12-13-14-15-16-17-19-27(31)35-24-26(38-28(32)20-18-22-30)25-37-39(33,34)36-23-21-29(2,3)4/h22,26H,5-21,23-25H2,1-4H3. The van der Waals surface area contributed by atoms with Crippen molar-refractivity contribution in [1.82, 2.24) is 0 Å². The molecule has 0 aromatic heterocycles. The number of hydrogen-bond acceptors (Lipinski definition) is 9. The van der Waals surface area contributed by atoms with Crippen LogP contribution in [0.25, 0.3) is 0 Å². The van der Waals surface area contributed by atoms with Crippen molar-refractivity contribution in [2.24, 2.45) is 0 Å². The maximum Gasteiger partial charge on any atom is 0.306 e. The van der Waals surface area contributed by atoms with Crippen LogP contribution < -0.4 is 4.89 Å². The number of esters is 2. The normalized spacial score (nSPS) is 14.0. The van der Waals surface area contributed by atoms with Crippen molar-refractivity contribution in [3.8, 4) is 0 Å². The Labute approximate surface area is 236 Å². The van der Waals surface area contributed by atoms with Crippen molar-refractivity contribution < 1.29 is 46.8 Å². The van der Waals surface area contributed by atoms with E-state index >= 15 is 0 Å². The second kappa shape index (κ2) is 23.4. The van der Waals surface area contributed by atoms with Gasteiger partial charge in [-0.3, -0.25) is 14.2 Å². The van der Waals surface area contributed by atoms with E-state index in [0.717, 1.165) is 19.3 Å². The van der Waals surface area contributed by atoms with Crippen molar-refractivity contribution >= 4 is 26.0 Å². The molecule has 2 unspecified atom stereocenters. The third kappa shape index (κ3) is 26.7. The van der Waals surface area contributed by atoms with E-state index < -0.39 is 32.5 Å². The molecule has 0 aromatic rings. The minimum Gasteiger partial charge on any atom is -0.756 e. The molecular weight excluding hydrogens is 525 g/mol. The number of carbonyl (C=O) groups excluding carboxylic acids is 3. The lowest BCUT2D eigenvalue weighted by Gasteiger charge is -2.28. The van der Waals surface area contributed by atoms with Crippen LogP contribution in [-0.4, -0.2) is 76.3 Å². The lowest BCUT2D eigenvalue weighted by atomic mass is 10.0. The number of unbranched alkanes of at least 4 members (excludes halogenated alkanes) is 12. The SMILES string of the molecule is CCCCCCCCCCCCCCCC(=O)OCC(COP(=O)([O-])OCC[N+](C)(C)C)OC(=O)CCC=O. The van der Waals surface area contributed by atoms with Gasteiger partial charge in [-0.15, -0.1) is 0 Å². The van der Waals surface area contributed by atoms with E-state index in [1.165, 1.54) is 57.8 Å². The highest BCUT2D eigenvalue weighted by Crippen LogP contribution is 2.38. The van der Waals surface area contributed by atoms with Gasteiger partial charge in [-0.2, -0.15) is 0 Å². The lowest BCUT2D eigenvalue weighted by molar-refractivity contribution is -0.870. The van der Waals surface area contributed by atoms with Gasteiger partial charge in [0.25, 0.3) is 7.82 Å². The molecule has 0 fully saturated rings. The zero-order valence-corrected chi connectivity index (χ0v) is 25.8. The van der Waals surface area contributed by atoms with E-state index in [9.17, 15) is 23.8 Å². The fraction of sp³-hybridized carbons (Fsp3) is 0.893. The van der Waals surface area contributed by atoms with E-state index in [1.807, 2.05) is 21.1 Å². The number of phosphoric ester groups is 1. The third-order valence-electron chi connectivity index (χ3n) is 6.11. The van der Waals surface area contributed by atoms with Gasteiger partial charge in [0.15, 0.2) is 6.10 Å². The van der Waals surface area contributed by atoms with E-state index in [1.54, 1.807) is 0 Å². The Balaban J connectivity index is 4.22. The van der Waals surface area contributed by atoms with Crippen LogP contribution >= 0.6 is 7.82 Å². The summed E-state index contributed by atoms with van der Waals surface area (Å²) in [6.45, 7) is 1.71. The van der Waals surface area contributed by atoms with Gasteiger partial charge in [0, 0.05) is 12.8 Å². The van der Waals surface area contributed by atoms with Gasteiger partial charge < -0.3 is 32.7 Å². The molecule has 11 heteroatoms. The molecule has 0 aliphatic carbocycles. The fourth-order valence-electron chi connectivity index (χ4n) is 3.72. The Kier molecular flexibility index (Phi) is 22.6. The smallest absolute Gasteiger partial charge is 0.306 e. The molecule has 0 N–H and O–H groups in total. The van der Waals surface area contributed by atoms with Crippen molar-refractivity contribution in [3.05, 3.63) is 0 Å². The highest BCUT2D eigenvalue weighted by molar-refractivity contribution is 7.45. The molecule has 0 spiro atoms. The van der Waals surface area contributed by atoms with E-state index in [2.05, 4.69) is 6.92 Å². The van der Waals surface area contributed by atoms with Crippen LogP contribution in [0, 0.1) is 0 Å². The summed E-state index contributed by atoms with van der Waals surface area (Å²) in [6, 6.07) is 0. The van der Waals surface area contributed by atoms with E-state index in [-0.39, 0.29) is 32.5 Å². The van der Waals surface area contributed by atoms with Gasteiger partial charge in [0.2, 0.25) is 0 Å². The average molecular weight is 580 g/mol. The molecule has 10 nitrogen and oxygen atoms in total. The fourth-order valence-corrected chi connectivity index (χ4v) is 4.45. The molecule has 0 radical (unpaired) electrons. The lowest BCUT2D eigenvalue weighted by Crippen LogP contribution is -2.37. The zero-order valence-electron chi connectivity index (χ0n) is 24.9. The summed E-state index contributed by atoms with van der Waals surface area (Å²) in [5.74, 6) is -1.16. The molecule has 0 heterocycles. The molecular formula is C28H54NO9P. The summed E-state index contributed by atoms with van der Waals surface area (Å²) < 4.78 is 32.6. The molecule has 2 atom stereocenters. The molecule has 0 amide bonds. The minimum atomic E-state index is -4.64. The summed E-state index contributed by atoms with van der Waals surface area (Å²) in [7, 11) is 1.03. The molecule has 0 bridgehead atoms. The highest BCUT2D eigenvalue weighted by Gasteiger charge is 2.21. The molecule has 230 valence electrons. The number of quaternary nitrogens is 1. The predicted octanol–water partition coefficient (Wildman–Crippen LogP) is 5.11. The Morgan fingerprint density at radius 2 is 1.33 bits per heavy atom. The van der Waals surface area contributed by atoms with Crippen LogP contribution in [0.15, 0.2) is 0 Å². The number of likely N-dealkylation sites (N-methyl/N-ethyl adjacent to an activating group) is 1. The number of ether oxygens (including phenoxy) is 2. The minimum absolute atomic E-state index is 0.0283. The van der Waals surface area contributed by atoms with Crippen LogP contribution in [-0.2, 0) is 37.5 Å². The first-order valence-electron chi connectivity index (χ1n) is 14.7. The number of rotatable bonds is 27. The molecule has 0 aliphatic heterocycles. The molecule has 39 heavy (non-hydrogen) atoms. The van der Waals surface area contributed by atoms with Crippen molar-refractivity contribution in [2.45, 2.75) is 116 Å². The first-order valence-corrected chi connectivity index (χ1v) is 16.1. The second-order valence-corrected chi connectivity index (χ2v) is 12.5. The third-order valence-corrected chi connectivity index (χ3v) is 7.07. The Hall–Kier alpha value is -1.32. The quantitative estimate of drug-likeness (QED) is 0.0429. The summed E-state index contributed by atoms with van der Waals surface area (Å²) in [5.41, 5.74) is 0. The van der Waals surface area contributed by atoms with Gasteiger partial charge in [-0.05, 0) is 6.42 Å². The average Bonchev–Trinajstić information content (AvgIpc) is 2.86. The van der Waals surface area contributed by atoms with Crippen LogP contribution in [0.4, 0.5) is 0 Å². The molecule has 0 aliphatic rings. The van der Waals surface area contributed by atoms with Gasteiger partial charge in [0.05, 0.1) is 34.2 Å². The summed E-state index contributed by atoms with van der Waals surface area (Å²) in [5, 5.41) is 0. The Morgan fingerprint density at radius 1 is 0.795 bits per heavy atom. The molecule has 0 saturated heterocycles. The number of nitrogens with zero attached hydrogens (tertiary/aromatic N) is 1. The van der Waals surface area contributed by atoms with Gasteiger partial charge in [0.1, 0.15) is 26.0 Å². The van der Waals surface area contributed by atoms with Gasteiger partial charge >= 0.3 is 11.9 Å². The Bertz CT molecular complexity index is 697. The first kappa shape index (κ1) is 37.7. The number of hydrogen-bond donors (Lipinski definition) is 0. The van der Waals surface area contributed by atoms with Crippen LogP contribution in [0.5, 0.6) is 0 Å². The number of carbonyl (C=O) groups is 3. The van der Waals surface area contributed by atoms with E-state index in [4.69, 9.17) is 18.5 Å². The maximum atomic E-state index is 12.2.